The highest BCUT2D eigenvalue weighted by molar-refractivity contribution is 5.26. The van der Waals surface area contributed by atoms with Crippen molar-refractivity contribution in [3.8, 4) is 17.9 Å². The van der Waals surface area contributed by atoms with Crippen molar-refractivity contribution < 1.29 is 0 Å². The lowest BCUT2D eigenvalue weighted by Gasteiger charge is -1.87. The number of nitrogens with zero attached hydrogens (tertiary/aromatic N) is 3. The molecule has 0 saturated carbocycles. The summed E-state index contributed by atoms with van der Waals surface area (Å²) in [5.74, 6) is 5.53. The molecular formula is C8H7N3. The molecule has 11 heavy (non-hydrogen) atoms. The molecule has 0 radical (unpaired) electrons. The first-order valence-electron chi connectivity index (χ1n) is 3.16. The molecular weight excluding hydrogens is 138 g/mol. The van der Waals surface area contributed by atoms with Crippen molar-refractivity contribution in [2.75, 3.05) is 0 Å². The monoisotopic (exact) mass is 145 g/mol. The van der Waals surface area contributed by atoms with Gasteiger partial charge in [-0.15, -0.1) is 0 Å². The molecule has 1 aromatic rings. The predicted molar refractivity (Wildman–Crippen MR) is 40.3 cm³/mol. The fraction of sp³-hybridized carbons (Fsp3) is 0.250. The van der Waals surface area contributed by atoms with Crippen LogP contribution in [0, 0.1) is 23.2 Å². The number of nitriles is 1. The van der Waals surface area contributed by atoms with Crippen LogP contribution in [-0.4, -0.2) is 9.55 Å². The predicted octanol–water partition coefficient (Wildman–Crippen LogP) is 0.685. The Hall–Kier alpha value is -1.74. The van der Waals surface area contributed by atoms with E-state index in [1.54, 1.807) is 12.5 Å². The molecule has 0 saturated heterocycles. The van der Waals surface area contributed by atoms with Gasteiger partial charge in [0.1, 0.15) is 5.69 Å². The van der Waals surface area contributed by atoms with Gasteiger partial charge in [0.25, 0.3) is 0 Å². The molecule has 1 rings (SSSR count). The number of rotatable bonds is 0. The maximum atomic E-state index is 8.19. The van der Waals surface area contributed by atoms with Crippen LogP contribution in [0.2, 0.25) is 0 Å². The van der Waals surface area contributed by atoms with E-state index in [-0.39, 0.29) is 6.42 Å². The molecule has 0 aromatic carbocycles. The Morgan fingerprint density at radius 3 is 3.09 bits per heavy atom. The third-order valence-electron chi connectivity index (χ3n) is 1.20. The first-order chi connectivity index (χ1) is 5.34. The van der Waals surface area contributed by atoms with Gasteiger partial charge in [0, 0.05) is 7.05 Å². The van der Waals surface area contributed by atoms with Crippen molar-refractivity contribution in [3.63, 3.8) is 0 Å². The summed E-state index contributed by atoms with van der Waals surface area (Å²) >= 11 is 0. The first-order valence-corrected chi connectivity index (χ1v) is 3.16. The van der Waals surface area contributed by atoms with E-state index in [1.165, 1.54) is 0 Å². The normalized spacial score (nSPS) is 8.00. The third-order valence-corrected chi connectivity index (χ3v) is 1.20. The Labute approximate surface area is 65.3 Å². The van der Waals surface area contributed by atoms with Crippen molar-refractivity contribution in [1.29, 1.82) is 5.26 Å². The SMILES string of the molecule is Cn1cncc1C#CCC#N. The smallest absolute Gasteiger partial charge is 0.111 e. The van der Waals surface area contributed by atoms with E-state index in [1.807, 2.05) is 17.7 Å². The highest BCUT2D eigenvalue weighted by Gasteiger charge is 1.89. The van der Waals surface area contributed by atoms with Crippen molar-refractivity contribution in [1.82, 2.24) is 9.55 Å². The molecule has 0 unspecified atom stereocenters. The van der Waals surface area contributed by atoms with Crippen LogP contribution in [0.1, 0.15) is 12.1 Å². The zero-order chi connectivity index (χ0) is 8.10. The summed E-state index contributed by atoms with van der Waals surface area (Å²) in [6.07, 6.45) is 3.62. The fourth-order valence-electron chi connectivity index (χ4n) is 0.652. The maximum Gasteiger partial charge on any atom is 0.111 e. The molecule has 0 atom stereocenters. The highest BCUT2D eigenvalue weighted by Crippen LogP contribution is 1.91. The lowest BCUT2D eigenvalue weighted by atomic mass is 10.4. The van der Waals surface area contributed by atoms with E-state index in [9.17, 15) is 0 Å². The summed E-state index contributed by atoms with van der Waals surface area (Å²) in [6, 6.07) is 1.95. The van der Waals surface area contributed by atoms with Crippen LogP contribution >= 0.6 is 0 Å². The zero-order valence-electron chi connectivity index (χ0n) is 6.20. The van der Waals surface area contributed by atoms with Gasteiger partial charge in [-0.2, -0.15) is 5.26 Å². The molecule has 0 N–H and O–H groups in total. The molecule has 0 fully saturated rings. The van der Waals surface area contributed by atoms with Crippen molar-refractivity contribution in [2.24, 2.45) is 7.05 Å². The molecule has 0 bridgehead atoms. The first kappa shape index (κ1) is 7.37. The molecule has 3 nitrogen and oxygen atoms in total. The number of aryl methyl sites for hydroxylation is 1. The van der Waals surface area contributed by atoms with E-state index >= 15 is 0 Å². The number of hydrogen-bond acceptors (Lipinski definition) is 2. The van der Waals surface area contributed by atoms with E-state index in [0.29, 0.717) is 0 Å². The van der Waals surface area contributed by atoms with Gasteiger partial charge in [0.15, 0.2) is 0 Å². The minimum absolute atomic E-state index is 0.269. The quantitative estimate of drug-likeness (QED) is 0.504. The summed E-state index contributed by atoms with van der Waals surface area (Å²) in [5.41, 5.74) is 0.834. The Morgan fingerprint density at radius 1 is 1.73 bits per heavy atom. The third kappa shape index (κ3) is 1.84. The summed E-state index contributed by atoms with van der Waals surface area (Å²) < 4.78 is 1.81. The lowest BCUT2D eigenvalue weighted by molar-refractivity contribution is 0.899. The molecule has 0 aliphatic carbocycles. The maximum absolute atomic E-state index is 8.19. The zero-order valence-corrected chi connectivity index (χ0v) is 6.20. The van der Waals surface area contributed by atoms with Gasteiger partial charge in [0.05, 0.1) is 25.0 Å². The summed E-state index contributed by atoms with van der Waals surface area (Å²) in [6.45, 7) is 0. The average Bonchev–Trinajstić information content (AvgIpc) is 2.37. The van der Waals surface area contributed by atoms with Crippen LogP contribution < -0.4 is 0 Å². The van der Waals surface area contributed by atoms with E-state index in [2.05, 4.69) is 16.8 Å². The fourth-order valence-corrected chi connectivity index (χ4v) is 0.652. The summed E-state index contributed by atoms with van der Waals surface area (Å²) in [5, 5.41) is 8.19. The van der Waals surface area contributed by atoms with Crippen LogP contribution in [0.15, 0.2) is 12.5 Å². The van der Waals surface area contributed by atoms with Crippen LogP contribution in [-0.2, 0) is 7.05 Å². The van der Waals surface area contributed by atoms with Crippen LogP contribution in [0.4, 0.5) is 0 Å². The van der Waals surface area contributed by atoms with Gasteiger partial charge < -0.3 is 4.57 Å². The van der Waals surface area contributed by atoms with Crippen LogP contribution in [0.3, 0.4) is 0 Å². The minimum Gasteiger partial charge on any atom is -0.327 e. The van der Waals surface area contributed by atoms with Crippen molar-refractivity contribution in [2.45, 2.75) is 6.42 Å². The molecule has 1 aromatic heterocycles. The van der Waals surface area contributed by atoms with Gasteiger partial charge >= 0.3 is 0 Å². The Balaban J connectivity index is 2.75. The standard InChI is InChI=1S/C8H7N3/c1-11-7-10-6-8(11)4-2-3-5-9/h6-7H,3H2,1H3. The average molecular weight is 145 g/mol. The van der Waals surface area contributed by atoms with Gasteiger partial charge in [-0.3, -0.25) is 0 Å². The molecule has 1 heterocycles. The minimum atomic E-state index is 0.269. The van der Waals surface area contributed by atoms with Gasteiger partial charge in [0.2, 0.25) is 0 Å². The summed E-state index contributed by atoms with van der Waals surface area (Å²) in [4.78, 5) is 3.88. The molecule has 0 aliphatic heterocycles. The highest BCUT2D eigenvalue weighted by atomic mass is 15.0. The summed E-state index contributed by atoms with van der Waals surface area (Å²) in [7, 11) is 1.86. The van der Waals surface area contributed by atoms with Crippen molar-refractivity contribution >= 4 is 0 Å². The topological polar surface area (TPSA) is 41.6 Å². The second-order valence-electron chi connectivity index (χ2n) is 2.03. The van der Waals surface area contributed by atoms with Gasteiger partial charge in [-0.05, 0) is 5.92 Å². The molecule has 0 amide bonds. The molecule has 3 heteroatoms. The van der Waals surface area contributed by atoms with E-state index in [4.69, 9.17) is 5.26 Å². The second-order valence-corrected chi connectivity index (χ2v) is 2.03. The van der Waals surface area contributed by atoms with Gasteiger partial charge in [-0.1, -0.05) is 5.92 Å². The number of hydrogen-bond donors (Lipinski definition) is 0. The largest absolute Gasteiger partial charge is 0.327 e. The lowest BCUT2D eigenvalue weighted by Crippen LogP contribution is -1.87. The van der Waals surface area contributed by atoms with Crippen LogP contribution in [0.25, 0.3) is 0 Å². The Morgan fingerprint density at radius 2 is 2.55 bits per heavy atom. The molecule has 0 spiro atoms. The number of imidazole rings is 1. The van der Waals surface area contributed by atoms with E-state index < -0.39 is 0 Å². The Kier molecular flexibility index (Phi) is 2.30. The number of aromatic nitrogens is 2. The second kappa shape index (κ2) is 3.43. The van der Waals surface area contributed by atoms with Crippen LogP contribution in [0.5, 0.6) is 0 Å². The molecule has 54 valence electrons. The van der Waals surface area contributed by atoms with Crippen molar-refractivity contribution in [3.05, 3.63) is 18.2 Å². The van der Waals surface area contributed by atoms with Gasteiger partial charge in [-0.25, -0.2) is 4.98 Å². The Bertz CT molecular complexity index is 332. The van der Waals surface area contributed by atoms with E-state index in [0.717, 1.165) is 5.69 Å². The molecule has 0 aliphatic rings.